The molecule has 0 radical (unpaired) electrons. The summed E-state index contributed by atoms with van der Waals surface area (Å²) in [5, 5.41) is 16.2. The van der Waals surface area contributed by atoms with Crippen molar-refractivity contribution < 1.29 is 8.78 Å². The molecular weight excluding hydrogens is 344 g/mol. The standard InChI is InChI=1S/C22H19F2N3/c1-3-5-10-15(4-2)19(21(25)16-11-6-7-12-17(16)23)20(22(24)26)18-13-8-9-14-27-18/h3-14,25-26H,1H2,2H3/b10-5-,15-4+,20-19-,25-21?,26-22?. The highest BCUT2D eigenvalue weighted by molar-refractivity contribution is 6.29. The third kappa shape index (κ3) is 4.58. The lowest BCUT2D eigenvalue weighted by Crippen LogP contribution is -2.13. The zero-order valence-electron chi connectivity index (χ0n) is 14.8. The van der Waals surface area contributed by atoms with Crippen LogP contribution < -0.4 is 0 Å². The molecule has 0 spiro atoms. The molecule has 0 fully saturated rings. The summed E-state index contributed by atoms with van der Waals surface area (Å²) in [6.45, 7) is 5.33. The number of nitrogens with zero attached hydrogens (tertiary/aromatic N) is 1. The summed E-state index contributed by atoms with van der Waals surface area (Å²) in [5.41, 5.74) is 0.308. The number of nitrogens with one attached hydrogen (secondary N) is 2. The van der Waals surface area contributed by atoms with Crippen molar-refractivity contribution in [1.29, 1.82) is 10.8 Å². The number of aromatic nitrogens is 1. The summed E-state index contributed by atoms with van der Waals surface area (Å²) in [7, 11) is 0. The fraction of sp³-hybridized carbons (Fsp3) is 0.0455. The Labute approximate surface area is 157 Å². The van der Waals surface area contributed by atoms with Gasteiger partial charge in [0.15, 0.2) is 0 Å². The lowest BCUT2D eigenvalue weighted by Gasteiger charge is -2.16. The molecule has 0 saturated heterocycles. The lowest BCUT2D eigenvalue weighted by atomic mass is 9.89. The van der Waals surface area contributed by atoms with Gasteiger partial charge in [-0.2, -0.15) is 4.39 Å². The van der Waals surface area contributed by atoms with E-state index in [1.54, 1.807) is 49.4 Å². The molecule has 3 nitrogen and oxygen atoms in total. The van der Waals surface area contributed by atoms with E-state index in [0.29, 0.717) is 5.57 Å². The molecule has 0 aliphatic heterocycles. The molecule has 27 heavy (non-hydrogen) atoms. The Kier molecular flexibility index (Phi) is 6.83. The molecule has 0 saturated carbocycles. The minimum absolute atomic E-state index is 0.00790. The number of benzene rings is 1. The van der Waals surface area contributed by atoms with Gasteiger partial charge in [-0.15, -0.1) is 0 Å². The van der Waals surface area contributed by atoms with Crippen LogP contribution in [0.1, 0.15) is 18.2 Å². The maximum absolute atomic E-state index is 14.3. The van der Waals surface area contributed by atoms with E-state index in [-0.39, 0.29) is 28.1 Å². The Morgan fingerprint density at radius 2 is 1.81 bits per heavy atom. The van der Waals surface area contributed by atoms with Crippen LogP contribution in [0.5, 0.6) is 0 Å². The number of halogens is 2. The first kappa shape index (κ1) is 19.8. The number of allylic oxidation sites excluding steroid dienone is 7. The van der Waals surface area contributed by atoms with E-state index in [2.05, 4.69) is 11.6 Å². The van der Waals surface area contributed by atoms with Crippen LogP contribution in [0.15, 0.2) is 90.7 Å². The molecule has 2 rings (SSSR count). The summed E-state index contributed by atoms with van der Waals surface area (Å²) in [6, 6.07) is 10.7. The van der Waals surface area contributed by atoms with Crippen molar-refractivity contribution in [3.05, 3.63) is 108 Å². The Morgan fingerprint density at radius 1 is 1.11 bits per heavy atom. The fourth-order valence-corrected chi connectivity index (χ4v) is 2.57. The fourth-order valence-electron chi connectivity index (χ4n) is 2.57. The van der Waals surface area contributed by atoms with Gasteiger partial charge in [0, 0.05) is 17.3 Å². The molecule has 2 N–H and O–H groups in total. The maximum Gasteiger partial charge on any atom is 0.215 e. The first-order valence-electron chi connectivity index (χ1n) is 8.21. The van der Waals surface area contributed by atoms with E-state index in [4.69, 9.17) is 10.8 Å². The average molecular weight is 363 g/mol. The van der Waals surface area contributed by atoms with Gasteiger partial charge in [0.05, 0.1) is 17.0 Å². The van der Waals surface area contributed by atoms with Crippen LogP contribution in [-0.4, -0.2) is 16.7 Å². The monoisotopic (exact) mass is 363 g/mol. The zero-order chi connectivity index (χ0) is 19.8. The Balaban J connectivity index is 2.85. The van der Waals surface area contributed by atoms with E-state index in [9.17, 15) is 8.78 Å². The maximum atomic E-state index is 14.3. The van der Waals surface area contributed by atoms with Gasteiger partial charge < -0.3 is 0 Å². The van der Waals surface area contributed by atoms with E-state index in [0.717, 1.165) is 0 Å². The quantitative estimate of drug-likeness (QED) is 0.483. The molecular formula is C22H19F2N3. The third-order valence-corrected chi connectivity index (χ3v) is 3.80. The summed E-state index contributed by atoms with van der Waals surface area (Å²) in [6.07, 6.45) is 7.93. The molecule has 2 aromatic rings. The van der Waals surface area contributed by atoms with Crippen LogP contribution in [0.4, 0.5) is 8.78 Å². The van der Waals surface area contributed by atoms with Crippen LogP contribution in [-0.2, 0) is 0 Å². The highest BCUT2D eigenvalue weighted by Crippen LogP contribution is 2.29. The molecule has 0 aliphatic carbocycles. The summed E-state index contributed by atoms with van der Waals surface area (Å²) < 4.78 is 28.6. The normalized spacial score (nSPS) is 12.6. The van der Waals surface area contributed by atoms with E-state index in [1.807, 2.05) is 0 Å². The molecule has 0 aliphatic rings. The van der Waals surface area contributed by atoms with Gasteiger partial charge in [-0.1, -0.05) is 49.1 Å². The molecule has 0 atom stereocenters. The number of hydrogen-bond donors (Lipinski definition) is 2. The predicted octanol–water partition coefficient (Wildman–Crippen LogP) is 5.68. The zero-order valence-corrected chi connectivity index (χ0v) is 14.8. The SMILES string of the molecule is C=C\C=C/C(=C\C)C(/C(=N)c1ccccc1F)=C(/C(=N)F)c1ccccn1. The number of rotatable bonds is 7. The van der Waals surface area contributed by atoms with Gasteiger partial charge in [-0.3, -0.25) is 15.8 Å². The lowest BCUT2D eigenvalue weighted by molar-refractivity contribution is 0.625. The van der Waals surface area contributed by atoms with Gasteiger partial charge in [-0.25, -0.2) is 4.39 Å². The molecule has 5 heteroatoms. The van der Waals surface area contributed by atoms with Crippen molar-refractivity contribution in [2.75, 3.05) is 0 Å². The topological polar surface area (TPSA) is 60.6 Å². The molecule has 0 unspecified atom stereocenters. The van der Waals surface area contributed by atoms with Crippen LogP contribution in [0.2, 0.25) is 0 Å². The van der Waals surface area contributed by atoms with Gasteiger partial charge in [0.25, 0.3) is 0 Å². The predicted molar refractivity (Wildman–Crippen MR) is 106 cm³/mol. The molecule has 0 bridgehead atoms. The van der Waals surface area contributed by atoms with Crippen molar-refractivity contribution in [2.24, 2.45) is 0 Å². The van der Waals surface area contributed by atoms with Crippen LogP contribution >= 0.6 is 0 Å². The second-order valence-electron chi connectivity index (χ2n) is 5.47. The van der Waals surface area contributed by atoms with Crippen LogP contribution in [0.3, 0.4) is 0 Å². The molecule has 1 aromatic heterocycles. The second kappa shape index (κ2) is 9.29. The van der Waals surface area contributed by atoms with Gasteiger partial charge >= 0.3 is 0 Å². The number of pyridine rings is 1. The van der Waals surface area contributed by atoms with Crippen molar-refractivity contribution in [3.8, 4) is 0 Å². The molecule has 1 aromatic carbocycles. The van der Waals surface area contributed by atoms with Gasteiger partial charge in [0.1, 0.15) is 5.82 Å². The van der Waals surface area contributed by atoms with Crippen molar-refractivity contribution >= 4 is 17.3 Å². The Bertz CT molecular complexity index is 955. The molecule has 136 valence electrons. The van der Waals surface area contributed by atoms with E-state index in [1.165, 1.54) is 30.5 Å². The molecule has 1 heterocycles. The van der Waals surface area contributed by atoms with Crippen LogP contribution in [0, 0.1) is 16.6 Å². The van der Waals surface area contributed by atoms with E-state index < -0.39 is 11.8 Å². The molecule has 0 amide bonds. The summed E-state index contributed by atoms with van der Waals surface area (Å²) in [4.78, 5) is 4.12. The van der Waals surface area contributed by atoms with Crippen LogP contribution in [0.25, 0.3) is 5.57 Å². The summed E-state index contributed by atoms with van der Waals surface area (Å²) >= 11 is 0. The minimum atomic E-state index is -1.25. The van der Waals surface area contributed by atoms with Crippen molar-refractivity contribution in [2.45, 2.75) is 6.92 Å². The Hall–Kier alpha value is -3.47. The first-order valence-corrected chi connectivity index (χ1v) is 8.21. The van der Waals surface area contributed by atoms with Gasteiger partial charge in [0.2, 0.25) is 5.97 Å². The van der Waals surface area contributed by atoms with Crippen molar-refractivity contribution in [3.63, 3.8) is 0 Å². The second-order valence-corrected chi connectivity index (χ2v) is 5.47. The largest absolute Gasteiger partial charge is 0.299 e. The highest BCUT2D eigenvalue weighted by atomic mass is 19.1. The highest BCUT2D eigenvalue weighted by Gasteiger charge is 2.23. The minimum Gasteiger partial charge on any atom is -0.299 e. The van der Waals surface area contributed by atoms with Gasteiger partial charge in [-0.05, 0) is 36.8 Å². The van der Waals surface area contributed by atoms with E-state index >= 15 is 0 Å². The third-order valence-electron chi connectivity index (χ3n) is 3.80. The van der Waals surface area contributed by atoms with Crippen molar-refractivity contribution in [1.82, 2.24) is 4.98 Å². The average Bonchev–Trinajstić information content (AvgIpc) is 2.68. The first-order chi connectivity index (χ1) is 13.0. The summed E-state index contributed by atoms with van der Waals surface area (Å²) in [5.74, 6) is -1.86. The Morgan fingerprint density at radius 3 is 2.37 bits per heavy atom. The smallest absolute Gasteiger partial charge is 0.215 e. The number of hydrogen-bond acceptors (Lipinski definition) is 3.